The Morgan fingerprint density at radius 2 is 1.53 bits per heavy atom. The first kappa shape index (κ1) is 10.4. The first-order valence-electron chi connectivity index (χ1n) is 4.93. The number of hydrogen-bond acceptors (Lipinski definition) is 1. The van der Waals surface area contributed by atoms with Gasteiger partial charge in [0.05, 0.1) is 4.75 Å². The Labute approximate surface area is 93.0 Å². The van der Waals surface area contributed by atoms with Crippen molar-refractivity contribution in [3.05, 3.63) is 47.5 Å². The van der Waals surface area contributed by atoms with E-state index in [0.717, 1.165) is 0 Å². The van der Waals surface area contributed by atoms with Crippen LogP contribution >= 0.6 is 0 Å². The Morgan fingerprint density at radius 1 is 1.07 bits per heavy atom. The molecule has 0 saturated carbocycles. The first-order valence-corrected chi connectivity index (χ1v) is 6.49. The smallest absolute Gasteiger partial charge is 0.0793 e. The van der Waals surface area contributed by atoms with Crippen LogP contribution in [0.25, 0.3) is 12.2 Å². The van der Waals surface area contributed by atoms with Crippen LogP contribution in [-0.2, 0) is 10.8 Å². The number of benzene rings is 1. The van der Waals surface area contributed by atoms with Crippen molar-refractivity contribution in [2.45, 2.75) is 11.7 Å². The summed E-state index contributed by atoms with van der Waals surface area (Å²) in [7, 11) is -0.891. The molecule has 1 aliphatic rings. The van der Waals surface area contributed by atoms with Crippen molar-refractivity contribution in [3.8, 4) is 0 Å². The van der Waals surface area contributed by atoms with Gasteiger partial charge < -0.3 is 0 Å². The Morgan fingerprint density at radius 3 is 1.93 bits per heavy atom. The highest BCUT2D eigenvalue weighted by Crippen LogP contribution is 2.25. The maximum absolute atomic E-state index is 11.6. The molecule has 1 aromatic carbocycles. The van der Waals surface area contributed by atoms with Gasteiger partial charge in [0, 0.05) is 17.1 Å². The maximum Gasteiger partial charge on any atom is 0.0793 e. The van der Waals surface area contributed by atoms with Crippen molar-refractivity contribution in [1.82, 2.24) is 0 Å². The molecule has 0 aromatic heterocycles. The largest absolute Gasteiger partial charge is 0.259 e. The van der Waals surface area contributed by atoms with Crippen LogP contribution in [-0.4, -0.2) is 15.2 Å². The highest BCUT2D eigenvalue weighted by molar-refractivity contribution is 7.86. The average molecular weight is 218 g/mol. The normalized spacial score (nSPS) is 19.3. The van der Waals surface area contributed by atoms with E-state index < -0.39 is 10.8 Å². The predicted molar refractivity (Wildman–Crippen MR) is 67.0 cm³/mol. The third-order valence-corrected chi connectivity index (χ3v) is 4.31. The molecule has 1 aromatic rings. The van der Waals surface area contributed by atoms with Gasteiger partial charge in [-0.15, -0.1) is 0 Å². The highest BCUT2D eigenvalue weighted by Gasteiger charge is 2.23. The number of fused-ring (bicyclic) bond motifs is 1. The molecule has 0 radical (unpaired) electrons. The van der Waals surface area contributed by atoms with Crippen LogP contribution in [0.2, 0.25) is 0 Å². The molecule has 0 spiro atoms. The molecular weight excluding hydrogens is 204 g/mol. The van der Waals surface area contributed by atoms with E-state index in [9.17, 15) is 4.21 Å². The van der Waals surface area contributed by atoms with Crippen molar-refractivity contribution < 1.29 is 4.21 Å². The summed E-state index contributed by atoms with van der Waals surface area (Å²) in [6, 6.07) is 8.17. The molecule has 2 rings (SSSR count). The minimum Gasteiger partial charge on any atom is -0.259 e. The van der Waals surface area contributed by atoms with Gasteiger partial charge in [0.2, 0.25) is 0 Å². The zero-order valence-corrected chi connectivity index (χ0v) is 9.75. The fourth-order valence-electron chi connectivity index (χ4n) is 1.57. The van der Waals surface area contributed by atoms with E-state index >= 15 is 0 Å². The molecule has 1 aliphatic carbocycles. The third kappa shape index (κ3) is 1.95. The number of rotatable bonds is 1. The summed E-state index contributed by atoms with van der Waals surface area (Å²) in [5.74, 6) is 0. The summed E-state index contributed by atoms with van der Waals surface area (Å²) in [5, 5.41) is 0. The molecule has 2 heteroatoms. The molecule has 0 bridgehead atoms. The van der Waals surface area contributed by atoms with Crippen LogP contribution in [0, 0.1) is 0 Å². The van der Waals surface area contributed by atoms with Crippen LogP contribution in [0.3, 0.4) is 0 Å². The monoisotopic (exact) mass is 218 g/mol. The van der Waals surface area contributed by atoms with Gasteiger partial charge >= 0.3 is 0 Å². The van der Waals surface area contributed by atoms with Gasteiger partial charge in [0.15, 0.2) is 0 Å². The molecule has 0 fully saturated rings. The second-order valence-corrected chi connectivity index (χ2v) is 5.72. The summed E-state index contributed by atoms with van der Waals surface area (Å²) in [6.45, 7) is 1.99. The van der Waals surface area contributed by atoms with Gasteiger partial charge in [-0.3, -0.25) is 4.21 Å². The van der Waals surface area contributed by atoms with E-state index in [-0.39, 0.29) is 4.75 Å². The molecule has 0 aliphatic heterocycles. The van der Waals surface area contributed by atoms with Gasteiger partial charge in [-0.1, -0.05) is 48.6 Å². The molecule has 0 heterocycles. The van der Waals surface area contributed by atoms with Crippen LogP contribution in [0.4, 0.5) is 0 Å². The summed E-state index contributed by atoms with van der Waals surface area (Å²) in [6.07, 6.45) is 9.88. The van der Waals surface area contributed by atoms with Crippen LogP contribution in [0.5, 0.6) is 0 Å². The Bertz CT molecular complexity index is 424. The van der Waals surface area contributed by atoms with Gasteiger partial charge in [-0.05, 0) is 18.1 Å². The minimum atomic E-state index is -0.891. The molecule has 0 N–H and O–H groups in total. The molecule has 0 saturated heterocycles. The fourth-order valence-corrected chi connectivity index (χ4v) is 2.09. The lowest BCUT2D eigenvalue weighted by Gasteiger charge is -2.17. The molecule has 1 unspecified atom stereocenters. The van der Waals surface area contributed by atoms with Crippen molar-refractivity contribution in [2.24, 2.45) is 0 Å². The lowest BCUT2D eigenvalue weighted by molar-refractivity contribution is 0.676. The van der Waals surface area contributed by atoms with E-state index in [1.165, 1.54) is 11.1 Å². The summed E-state index contributed by atoms with van der Waals surface area (Å²) in [4.78, 5) is 0. The third-order valence-electron chi connectivity index (χ3n) is 2.80. The van der Waals surface area contributed by atoms with Crippen molar-refractivity contribution in [2.75, 3.05) is 6.26 Å². The topological polar surface area (TPSA) is 17.1 Å². The minimum absolute atomic E-state index is 0.348. The molecule has 0 amide bonds. The maximum atomic E-state index is 11.6. The SMILES string of the molecule is CS(=O)C1(C)C=Cc2ccccc2C=C1. The van der Waals surface area contributed by atoms with Gasteiger partial charge in [0.1, 0.15) is 0 Å². The standard InChI is InChI=1S/C13H14OS/c1-13(15(2)14)9-7-11-5-3-4-6-12(11)8-10-13/h3-10H,1-2H3. The fraction of sp³-hybridized carbons (Fsp3) is 0.231. The van der Waals surface area contributed by atoms with Gasteiger partial charge in [0.25, 0.3) is 0 Å². The molecule has 1 nitrogen and oxygen atoms in total. The van der Waals surface area contributed by atoms with Crippen LogP contribution < -0.4 is 0 Å². The summed E-state index contributed by atoms with van der Waals surface area (Å²) in [5.41, 5.74) is 2.37. The van der Waals surface area contributed by atoms with Crippen LogP contribution in [0.15, 0.2) is 36.4 Å². The molecule has 15 heavy (non-hydrogen) atoms. The summed E-state index contributed by atoms with van der Waals surface area (Å²) >= 11 is 0. The quantitative estimate of drug-likeness (QED) is 0.708. The Hall–Kier alpha value is -1.15. The second-order valence-electron chi connectivity index (χ2n) is 3.93. The van der Waals surface area contributed by atoms with E-state index in [0.29, 0.717) is 0 Å². The molecular formula is C13H14OS. The predicted octanol–water partition coefficient (Wildman–Crippen LogP) is 2.86. The molecule has 78 valence electrons. The zero-order valence-electron chi connectivity index (χ0n) is 8.94. The van der Waals surface area contributed by atoms with E-state index in [1.54, 1.807) is 6.26 Å². The Kier molecular flexibility index (Phi) is 2.61. The number of hydrogen-bond donors (Lipinski definition) is 0. The zero-order chi connectivity index (χ0) is 10.9. The van der Waals surface area contributed by atoms with Crippen LogP contribution in [0.1, 0.15) is 18.1 Å². The average Bonchev–Trinajstić information content (AvgIpc) is 2.40. The Balaban J connectivity index is 2.51. The highest BCUT2D eigenvalue weighted by atomic mass is 32.2. The van der Waals surface area contributed by atoms with Gasteiger partial charge in [-0.25, -0.2) is 0 Å². The van der Waals surface area contributed by atoms with Gasteiger partial charge in [-0.2, -0.15) is 0 Å². The van der Waals surface area contributed by atoms with E-state index in [2.05, 4.69) is 24.3 Å². The first-order chi connectivity index (χ1) is 7.12. The van der Waals surface area contributed by atoms with Crippen molar-refractivity contribution >= 4 is 23.0 Å². The lowest BCUT2D eigenvalue weighted by atomic mass is 10.1. The van der Waals surface area contributed by atoms with E-state index in [4.69, 9.17) is 0 Å². The lowest BCUT2D eigenvalue weighted by Crippen LogP contribution is -2.23. The second kappa shape index (κ2) is 3.78. The molecule has 1 atom stereocenters. The van der Waals surface area contributed by atoms with Crippen molar-refractivity contribution in [3.63, 3.8) is 0 Å². The van der Waals surface area contributed by atoms with E-state index in [1.807, 2.05) is 31.2 Å². The summed E-state index contributed by atoms with van der Waals surface area (Å²) < 4.78 is 11.3. The van der Waals surface area contributed by atoms with Crippen molar-refractivity contribution in [1.29, 1.82) is 0 Å².